The number of primary amides is 1. The number of hydrogen-bond acceptors (Lipinski definition) is 3. The summed E-state index contributed by atoms with van der Waals surface area (Å²) in [5.74, 6) is -0.549. The summed E-state index contributed by atoms with van der Waals surface area (Å²) in [6.07, 6.45) is 1.25. The minimum atomic E-state index is -3.34. The van der Waals surface area contributed by atoms with Crippen LogP contribution in [-0.4, -0.2) is 36.5 Å². The molecule has 0 unspecified atom stereocenters. The molecule has 1 saturated heterocycles. The lowest BCUT2D eigenvalue weighted by Gasteiger charge is -2.23. The molecule has 2 N–H and O–H groups in total. The van der Waals surface area contributed by atoms with Crippen LogP contribution < -0.4 is 5.73 Å². The monoisotopic (exact) mass is 220 g/mol. The molecule has 1 heterocycles. The van der Waals surface area contributed by atoms with Crippen molar-refractivity contribution in [3.63, 3.8) is 0 Å². The molecule has 0 aromatic heterocycles. The number of carbonyl (C=O) groups is 1. The first-order chi connectivity index (χ1) is 6.37. The van der Waals surface area contributed by atoms with Gasteiger partial charge in [0, 0.05) is 6.54 Å². The standard InChI is InChI=1S/C8H16N2O3S/c1-6(2)14(12,13)10-5-3-4-7(10)8(9)11/h6-7H,3-5H2,1-2H3,(H2,9,11)/t7-/m1/s1. The molecular formula is C8H16N2O3S. The second-order valence-corrected chi connectivity index (χ2v) is 6.21. The lowest BCUT2D eigenvalue weighted by Crippen LogP contribution is -2.46. The molecule has 1 aliphatic rings. The summed E-state index contributed by atoms with van der Waals surface area (Å²) in [6.45, 7) is 3.62. The number of sulfonamides is 1. The second-order valence-electron chi connectivity index (χ2n) is 3.76. The third-order valence-corrected chi connectivity index (χ3v) is 4.74. The second kappa shape index (κ2) is 3.86. The van der Waals surface area contributed by atoms with Gasteiger partial charge in [-0.05, 0) is 26.7 Å². The Kier molecular flexibility index (Phi) is 3.16. The molecule has 1 aliphatic heterocycles. The molecule has 5 nitrogen and oxygen atoms in total. The molecule has 1 amide bonds. The average Bonchev–Trinajstić information content (AvgIpc) is 2.51. The van der Waals surface area contributed by atoms with Crippen LogP contribution in [0.4, 0.5) is 0 Å². The number of amides is 1. The molecule has 0 aliphatic carbocycles. The molecule has 1 rings (SSSR count). The van der Waals surface area contributed by atoms with E-state index in [1.807, 2.05) is 0 Å². The van der Waals surface area contributed by atoms with Crippen LogP contribution in [0.5, 0.6) is 0 Å². The number of nitrogens with two attached hydrogens (primary N) is 1. The molecule has 0 saturated carbocycles. The Balaban J connectivity index is 2.93. The van der Waals surface area contributed by atoms with E-state index in [4.69, 9.17) is 5.73 Å². The minimum Gasteiger partial charge on any atom is -0.368 e. The predicted octanol–water partition coefficient (Wildman–Crippen LogP) is -0.326. The molecule has 14 heavy (non-hydrogen) atoms. The Bertz CT molecular complexity index is 323. The summed E-state index contributed by atoms with van der Waals surface area (Å²) < 4.78 is 24.8. The first kappa shape index (κ1) is 11.5. The Morgan fingerprint density at radius 3 is 2.50 bits per heavy atom. The average molecular weight is 220 g/mol. The summed E-state index contributed by atoms with van der Waals surface area (Å²) >= 11 is 0. The lowest BCUT2D eigenvalue weighted by atomic mass is 10.2. The molecule has 0 spiro atoms. The number of nitrogens with zero attached hydrogens (tertiary/aromatic N) is 1. The van der Waals surface area contributed by atoms with Gasteiger partial charge in [-0.3, -0.25) is 4.79 Å². The molecule has 1 atom stereocenters. The third kappa shape index (κ3) is 1.90. The van der Waals surface area contributed by atoms with Crippen molar-refractivity contribution in [1.29, 1.82) is 0 Å². The van der Waals surface area contributed by atoms with Gasteiger partial charge in [0.05, 0.1) is 5.25 Å². The highest BCUT2D eigenvalue weighted by molar-refractivity contribution is 7.89. The van der Waals surface area contributed by atoms with Gasteiger partial charge in [-0.1, -0.05) is 0 Å². The van der Waals surface area contributed by atoms with Gasteiger partial charge in [0.1, 0.15) is 6.04 Å². The van der Waals surface area contributed by atoms with Crippen molar-refractivity contribution in [3.05, 3.63) is 0 Å². The van der Waals surface area contributed by atoms with Crippen LogP contribution >= 0.6 is 0 Å². The lowest BCUT2D eigenvalue weighted by molar-refractivity contribution is -0.121. The van der Waals surface area contributed by atoms with E-state index < -0.39 is 27.2 Å². The van der Waals surface area contributed by atoms with Crippen molar-refractivity contribution in [2.75, 3.05) is 6.54 Å². The summed E-state index contributed by atoms with van der Waals surface area (Å²) in [7, 11) is -3.34. The summed E-state index contributed by atoms with van der Waals surface area (Å²) in [6, 6.07) is -0.637. The van der Waals surface area contributed by atoms with E-state index >= 15 is 0 Å². The van der Waals surface area contributed by atoms with E-state index in [0.29, 0.717) is 19.4 Å². The highest BCUT2D eigenvalue weighted by Gasteiger charge is 2.38. The van der Waals surface area contributed by atoms with E-state index in [-0.39, 0.29) is 0 Å². The van der Waals surface area contributed by atoms with Crippen molar-refractivity contribution in [2.24, 2.45) is 5.73 Å². The first-order valence-corrected chi connectivity index (χ1v) is 6.17. The van der Waals surface area contributed by atoms with E-state index in [9.17, 15) is 13.2 Å². The van der Waals surface area contributed by atoms with E-state index in [1.54, 1.807) is 13.8 Å². The molecule has 0 aromatic rings. The SMILES string of the molecule is CC(C)S(=O)(=O)N1CCC[C@@H]1C(N)=O. The maximum Gasteiger partial charge on any atom is 0.235 e. The molecule has 6 heteroatoms. The van der Waals surface area contributed by atoms with Gasteiger partial charge >= 0.3 is 0 Å². The zero-order valence-electron chi connectivity index (χ0n) is 8.43. The minimum absolute atomic E-state index is 0.411. The highest BCUT2D eigenvalue weighted by Crippen LogP contribution is 2.23. The van der Waals surface area contributed by atoms with Gasteiger partial charge in [-0.25, -0.2) is 8.42 Å². The van der Waals surface area contributed by atoms with Gasteiger partial charge in [0.2, 0.25) is 15.9 Å². The Morgan fingerprint density at radius 2 is 2.07 bits per heavy atom. The van der Waals surface area contributed by atoms with Crippen LogP contribution in [0.15, 0.2) is 0 Å². The van der Waals surface area contributed by atoms with Crippen molar-refractivity contribution in [3.8, 4) is 0 Å². The Labute approximate surface area is 84.3 Å². The Hall–Kier alpha value is -0.620. The van der Waals surface area contributed by atoms with Gasteiger partial charge in [-0.15, -0.1) is 0 Å². The molecule has 1 fully saturated rings. The van der Waals surface area contributed by atoms with Crippen LogP contribution in [0.1, 0.15) is 26.7 Å². The van der Waals surface area contributed by atoms with Gasteiger partial charge < -0.3 is 5.73 Å². The fraction of sp³-hybridized carbons (Fsp3) is 0.875. The van der Waals surface area contributed by atoms with E-state index in [1.165, 1.54) is 4.31 Å². The van der Waals surface area contributed by atoms with Crippen LogP contribution in [-0.2, 0) is 14.8 Å². The quantitative estimate of drug-likeness (QED) is 0.707. The normalized spacial score (nSPS) is 24.4. The maximum absolute atomic E-state index is 11.8. The largest absolute Gasteiger partial charge is 0.368 e. The summed E-state index contributed by atoms with van der Waals surface area (Å²) in [5.41, 5.74) is 5.14. The van der Waals surface area contributed by atoms with Gasteiger partial charge in [-0.2, -0.15) is 4.31 Å². The topological polar surface area (TPSA) is 80.5 Å². The molecule has 0 radical (unpaired) electrons. The summed E-state index contributed by atoms with van der Waals surface area (Å²) in [4.78, 5) is 11.0. The zero-order chi connectivity index (χ0) is 10.9. The highest BCUT2D eigenvalue weighted by atomic mass is 32.2. The molecule has 0 aromatic carbocycles. The number of hydrogen-bond donors (Lipinski definition) is 1. The fourth-order valence-corrected chi connectivity index (χ4v) is 3.09. The van der Waals surface area contributed by atoms with Crippen molar-refractivity contribution < 1.29 is 13.2 Å². The summed E-state index contributed by atoms with van der Waals surface area (Å²) in [5, 5.41) is -0.498. The van der Waals surface area contributed by atoms with Gasteiger partial charge in [0.25, 0.3) is 0 Å². The van der Waals surface area contributed by atoms with Crippen LogP contribution in [0.25, 0.3) is 0 Å². The predicted molar refractivity (Wildman–Crippen MR) is 53.0 cm³/mol. The molecule has 0 bridgehead atoms. The number of rotatable bonds is 3. The van der Waals surface area contributed by atoms with Crippen molar-refractivity contribution >= 4 is 15.9 Å². The first-order valence-electron chi connectivity index (χ1n) is 4.67. The van der Waals surface area contributed by atoms with Crippen molar-refractivity contribution in [1.82, 2.24) is 4.31 Å². The van der Waals surface area contributed by atoms with E-state index in [0.717, 1.165) is 0 Å². The van der Waals surface area contributed by atoms with Crippen LogP contribution in [0.2, 0.25) is 0 Å². The molecule has 82 valence electrons. The smallest absolute Gasteiger partial charge is 0.235 e. The van der Waals surface area contributed by atoms with Crippen molar-refractivity contribution in [2.45, 2.75) is 38.0 Å². The molecular weight excluding hydrogens is 204 g/mol. The van der Waals surface area contributed by atoms with Crippen LogP contribution in [0.3, 0.4) is 0 Å². The zero-order valence-corrected chi connectivity index (χ0v) is 9.25. The Morgan fingerprint density at radius 1 is 1.50 bits per heavy atom. The van der Waals surface area contributed by atoms with Crippen LogP contribution in [0, 0.1) is 0 Å². The third-order valence-electron chi connectivity index (χ3n) is 2.45. The van der Waals surface area contributed by atoms with Gasteiger partial charge in [0.15, 0.2) is 0 Å². The maximum atomic E-state index is 11.8. The van der Waals surface area contributed by atoms with E-state index in [2.05, 4.69) is 0 Å². The fourth-order valence-electron chi connectivity index (χ4n) is 1.60. The number of carbonyl (C=O) groups excluding carboxylic acids is 1.